The van der Waals surface area contributed by atoms with Crippen molar-refractivity contribution in [1.82, 2.24) is 0 Å². The molecule has 0 atom stereocenters. The lowest BCUT2D eigenvalue weighted by Gasteiger charge is -2.01. The van der Waals surface area contributed by atoms with E-state index in [9.17, 15) is 0 Å². The molecule has 0 amide bonds. The topological polar surface area (TPSA) is 12.4 Å². The number of benzene rings is 1. The van der Waals surface area contributed by atoms with Gasteiger partial charge in [0.25, 0.3) is 0 Å². The van der Waals surface area contributed by atoms with Gasteiger partial charge in [-0.05, 0) is 36.6 Å². The molecule has 0 aliphatic heterocycles. The zero-order valence-corrected chi connectivity index (χ0v) is 11.1. The minimum Gasteiger partial charge on any atom is -0.256 e. The van der Waals surface area contributed by atoms with Crippen LogP contribution in [0, 0.1) is 6.92 Å². The summed E-state index contributed by atoms with van der Waals surface area (Å²) >= 11 is 0. The molecule has 0 saturated heterocycles. The molecule has 0 heterocycles. The maximum absolute atomic E-state index is 4.46. The molecule has 0 aliphatic rings. The van der Waals surface area contributed by atoms with Crippen molar-refractivity contribution in [2.24, 2.45) is 4.99 Å². The second-order valence-corrected chi connectivity index (χ2v) is 3.91. The third kappa shape index (κ3) is 4.02. The summed E-state index contributed by atoms with van der Waals surface area (Å²) in [5.41, 5.74) is 4.07. The summed E-state index contributed by atoms with van der Waals surface area (Å²) in [7, 11) is 0. The SMILES string of the molecule is C=C/C=C\C(=C/C)C(=C)C=Nc1ccccc1C. The van der Waals surface area contributed by atoms with Crippen molar-refractivity contribution in [3.8, 4) is 0 Å². The van der Waals surface area contributed by atoms with Crippen molar-refractivity contribution >= 4 is 11.9 Å². The Morgan fingerprint density at radius 3 is 2.61 bits per heavy atom. The average Bonchev–Trinajstić information content (AvgIpc) is 2.38. The van der Waals surface area contributed by atoms with Crippen molar-refractivity contribution < 1.29 is 0 Å². The van der Waals surface area contributed by atoms with Crippen LogP contribution < -0.4 is 0 Å². The van der Waals surface area contributed by atoms with E-state index in [4.69, 9.17) is 0 Å². The maximum atomic E-state index is 4.46. The quantitative estimate of drug-likeness (QED) is 0.508. The highest BCUT2D eigenvalue weighted by Gasteiger charge is 1.96. The monoisotopic (exact) mass is 237 g/mol. The molecule has 0 aromatic heterocycles. The largest absolute Gasteiger partial charge is 0.256 e. The van der Waals surface area contributed by atoms with Gasteiger partial charge in [0.15, 0.2) is 0 Å². The van der Waals surface area contributed by atoms with Crippen LogP contribution in [-0.4, -0.2) is 6.21 Å². The minimum absolute atomic E-state index is 0.888. The molecular formula is C17H19N. The summed E-state index contributed by atoms with van der Waals surface area (Å²) in [5, 5.41) is 0. The van der Waals surface area contributed by atoms with Crippen LogP contribution in [0.15, 0.2) is 77.9 Å². The predicted molar refractivity (Wildman–Crippen MR) is 81.6 cm³/mol. The van der Waals surface area contributed by atoms with E-state index in [0.717, 1.165) is 22.4 Å². The molecule has 1 heteroatoms. The van der Waals surface area contributed by atoms with Gasteiger partial charge in [-0.3, -0.25) is 4.99 Å². The Kier molecular flexibility index (Phi) is 5.59. The molecule has 18 heavy (non-hydrogen) atoms. The third-order valence-corrected chi connectivity index (χ3v) is 2.57. The molecule has 0 bridgehead atoms. The molecule has 0 aliphatic carbocycles. The molecule has 92 valence electrons. The number of allylic oxidation sites excluding steroid dienone is 6. The number of rotatable bonds is 5. The third-order valence-electron chi connectivity index (χ3n) is 2.57. The average molecular weight is 237 g/mol. The molecule has 1 nitrogen and oxygen atoms in total. The van der Waals surface area contributed by atoms with Gasteiger partial charge in [0.2, 0.25) is 0 Å². The Balaban J connectivity index is 2.85. The van der Waals surface area contributed by atoms with Crippen LogP contribution in [-0.2, 0) is 0 Å². The Morgan fingerprint density at radius 1 is 1.28 bits per heavy atom. The zero-order chi connectivity index (χ0) is 13.4. The Morgan fingerprint density at radius 2 is 2.00 bits per heavy atom. The highest BCUT2D eigenvalue weighted by Crippen LogP contribution is 2.17. The van der Waals surface area contributed by atoms with Gasteiger partial charge in [0.05, 0.1) is 5.69 Å². The van der Waals surface area contributed by atoms with Gasteiger partial charge >= 0.3 is 0 Å². The molecule has 0 spiro atoms. The fourth-order valence-corrected chi connectivity index (χ4v) is 1.49. The molecule has 0 unspecified atom stereocenters. The summed E-state index contributed by atoms with van der Waals surface area (Å²) in [4.78, 5) is 4.46. The van der Waals surface area contributed by atoms with Crippen LogP contribution >= 0.6 is 0 Å². The molecule has 0 fully saturated rings. The van der Waals surface area contributed by atoms with Crippen molar-refractivity contribution in [2.45, 2.75) is 13.8 Å². The van der Waals surface area contributed by atoms with E-state index < -0.39 is 0 Å². The van der Waals surface area contributed by atoms with E-state index in [0.29, 0.717) is 0 Å². The fourth-order valence-electron chi connectivity index (χ4n) is 1.49. The van der Waals surface area contributed by atoms with E-state index >= 15 is 0 Å². The summed E-state index contributed by atoms with van der Waals surface area (Å²) in [6, 6.07) is 8.03. The predicted octanol–water partition coefficient (Wildman–Crippen LogP) is 4.94. The normalized spacial score (nSPS) is 12.2. The summed E-state index contributed by atoms with van der Waals surface area (Å²) in [6.07, 6.45) is 9.41. The summed E-state index contributed by atoms with van der Waals surface area (Å²) in [6.45, 7) is 11.7. The molecule has 0 N–H and O–H groups in total. The van der Waals surface area contributed by atoms with E-state index in [-0.39, 0.29) is 0 Å². The van der Waals surface area contributed by atoms with Crippen LogP contribution in [0.25, 0.3) is 0 Å². The first-order valence-electron chi connectivity index (χ1n) is 5.93. The Hall–Kier alpha value is -2.15. The fraction of sp³-hybridized carbons (Fsp3) is 0.118. The van der Waals surface area contributed by atoms with Gasteiger partial charge in [0, 0.05) is 6.21 Å². The van der Waals surface area contributed by atoms with E-state index in [1.807, 2.05) is 56.3 Å². The summed E-state index contributed by atoms with van der Waals surface area (Å²) < 4.78 is 0. The first kappa shape index (κ1) is 13.9. The number of para-hydroxylation sites is 1. The zero-order valence-electron chi connectivity index (χ0n) is 11.1. The Bertz CT molecular complexity index is 516. The van der Waals surface area contributed by atoms with E-state index in [1.54, 1.807) is 12.3 Å². The number of nitrogens with zero attached hydrogens (tertiary/aromatic N) is 1. The standard InChI is InChI=1S/C17H19N/c1-5-7-11-16(6-2)15(4)13-18-17-12-9-8-10-14(17)3/h5-13H,1,4H2,2-3H3/b11-7-,16-6+,18-13?. The van der Waals surface area contributed by atoms with Crippen LogP contribution in [0.1, 0.15) is 12.5 Å². The number of aryl methyl sites for hydroxylation is 1. The molecular weight excluding hydrogens is 218 g/mol. The van der Waals surface area contributed by atoms with E-state index in [2.05, 4.69) is 18.2 Å². The number of aliphatic imine (C=N–C) groups is 1. The molecule has 0 radical (unpaired) electrons. The molecule has 1 rings (SSSR count). The van der Waals surface area contributed by atoms with Crippen LogP contribution in [0.5, 0.6) is 0 Å². The summed E-state index contributed by atoms with van der Waals surface area (Å²) in [5.74, 6) is 0. The van der Waals surface area contributed by atoms with Crippen LogP contribution in [0.3, 0.4) is 0 Å². The van der Waals surface area contributed by atoms with Crippen molar-refractivity contribution in [2.75, 3.05) is 0 Å². The van der Waals surface area contributed by atoms with Gasteiger partial charge < -0.3 is 0 Å². The maximum Gasteiger partial charge on any atom is 0.0659 e. The lowest BCUT2D eigenvalue weighted by Crippen LogP contribution is -1.86. The highest BCUT2D eigenvalue weighted by atomic mass is 14.7. The number of hydrogen-bond acceptors (Lipinski definition) is 1. The Labute approximate surface area is 110 Å². The van der Waals surface area contributed by atoms with Crippen molar-refractivity contribution in [3.63, 3.8) is 0 Å². The molecule has 1 aromatic rings. The minimum atomic E-state index is 0.888. The van der Waals surface area contributed by atoms with Gasteiger partial charge in [-0.1, -0.05) is 55.7 Å². The smallest absolute Gasteiger partial charge is 0.0659 e. The lowest BCUT2D eigenvalue weighted by molar-refractivity contribution is 1.40. The van der Waals surface area contributed by atoms with Gasteiger partial charge in [-0.2, -0.15) is 0 Å². The lowest BCUT2D eigenvalue weighted by atomic mass is 10.1. The van der Waals surface area contributed by atoms with Gasteiger partial charge in [-0.25, -0.2) is 0 Å². The first-order valence-corrected chi connectivity index (χ1v) is 5.93. The first-order chi connectivity index (χ1) is 8.69. The van der Waals surface area contributed by atoms with Crippen LogP contribution in [0.2, 0.25) is 0 Å². The van der Waals surface area contributed by atoms with E-state index in [1.165, 1.54) is 0 Å². The van der Waals surface area contributed by atoms with Crippen LogP contribution in [0.4, 0.5) is 5.69 Å². The highest BCUT2D eigenvalue weighted by molar-refractivity contribution is 5.87. The van der Waals surface area contributed by atoms with Crippen molar-refractivity contribution in [1.29, 1.82) is 0 Å². The second kappa shape index (κ2) is 7.23. The second-order valence-electron chi connectivity index (χ2n) is 3.91. The van der Waals surface area contributed by atoms with Gasteiger partial charge in [-0.15, -0.1) is 0 Å². The van der Waals surface area contributed by atoms with Crippen molar-refractivity contribution in [3.05, 3.63) is 78.4 Å². The number of hydrogen-bond donors (Lipinski definition) is 0. The molecule has 0 saturated carbocycles. The van der Waals surface area contributed by atoms with Gasteiger partial charge in [0.1, 0.15) is 0 Å². The molecule has 1 aromatic carbocycles.